The van der Waals surface area contributed by atoms with Gasteiger partial charge in [-0.15, -0.1) is 21.5 Å². The van der Waals surface area contributed by atoms with Crippen LogP contribution in [0.5, 0.6) is 0 Å². The van der Waals surface area contributed by atoms with Crippen LogP contribution in [0, 0.1) is 17.2 Å². The van der Waals surface area contributed by atoms with Crippen molar-refractivity contribution in [1.82, 2.24) is 15.2 Å². The molecule has 9 heteroatoms. The lowest BCUT2D eigenvalue weighted by molar-refractivity contribution is -0.113. The fraction of sp³-hybridized carbons (Fsp3) is 0.316. The van der Waals surface area contributed by atoms with Crippen LogP contribution in [-0.4, -0.2) is 26.8 Å². The maximum absolute atomic E-state index is 12.4. The lowest BCUT2D eigenvalue weighted by atomic mass is 9.89. The highest BCUT2D eigenvalue weighted by Gasteiger charge is 2.24. The van der Waals surface area contributed by atoms with Crippen LogP contribution >= 0.6 is 23.1 Å². The molecule has 0 radical (unpaired) electrons. The third-order valence-electron chi connectivity index (χ3n) is 4.54. The van der Waals surface area contributed by atoms with Crippen molar-refractivity contribution in [3.8, 4) is 17.5 Å². The highest BCUT2D eigenvalue weighted by atomic mass is 32.2. The van der Waals surface area contributed by atoms with E-state index in [9.17, 15) is 10.1 Å². The number of nitriles is 1. The largest absolute Gasteiger partial charge is 0.411 e. The van der Waals surface area contributed by atoms with Crippen molar-refractivity contribution in [3.63, 3.8) is 0 Å². The number of carbonyl (C=O) groups is 1. The number of hydrogen-bond donors (Lipinski definition) is 1. The van der Waals surface area contributed by atoms with Crippen LogP contribution in [0.15, 0.2) is 34.2 Å². The Balaban J connectivity index is 1.39. The third kappa shape index (κ3) is 3.93. The van der Waals surface area contributed by atoms with Gasteiger partial charge in [0, 0.05) is 22.8 Å². The standard InChI is InChI=1S/C19H17N5O2S2/c1-11-2-3-13-14(9-20)18(28-15(13)8-11)22-16(25)10-27-19-24-23-17(26-19)12-4-6-21-7-5-12/h4-7,11H,2-3,8,10H2,1H3,(H,22,25)/t11-/m1/s1. The molecule has 3 aromatic rings. The normalized spacial score (nSPS) is 15.6. The maximum Gasteiger partial charge on any atom is 0.277 e. The number of thioether (sulfide) groups is 1. The van der Waals surface area contributed by atoms with Gasteiger partial charge in [-0.2, -0.15) is 5.26 Å². The molecule has 142 valence electrons. The number of fused-ring (bicyclic) bond motifs is 1. The van der Waals surface area contributed by atoms with Gasteiger partial charge in [-0.05, 0) is 42.9 Å². The molecule has 3 heterocycles. The van der Waals surface area contributed by atoms with Crippen molar-refractivity contribution in [2.75, 3.05) is 11.1 Å². The fourth-order valence-electron chi connectivity index (χ4n) is 3.13. The first kappa shape index (κ1) is 18.7. The van der Waals surface area contributed by atoms with Crippen molar-refractivity contribution < 1.29 is 9.21 Å². The van der Waals surface area contributed by atoms with Crippen LogP contribution in [0.2, 0.25) is 0 Å². The fourth-order valence-corrected chi connectivity index (χ4v) is 5.07. The summed E-state index contributed by atoms with van der Waals surface area (Å²) in [5, 5.41) is 21.3. The Bertz CT molecular complexity index is 1040. The van der Waals surface area contributed by atoms with Crippen LogP contribution in [0.4, 0.5) is 5.00 Å². The van der Waals surface area contributed by atoms with E-state index in [0.717, 1.165) is 30.4 Å². The van der Waals surface area contributed by atoms with Crippen LogP contribution < -0.4 is 5.32 Å². The van der Waals surface area contributed by atoms with E-state index in [2.05, 4.69) is 33.5 Å². The lowest BCUT2D eigenvalue weighted by Gasteiger charge is -2.17. The highest BCUT2D eigenvalue weighted by Crippen LogP contribution is 2.39. The number of hydrogen-bond acceptors (Lipinski definition) is 8. The zero-order valence-corrected chi connectivity index (χ0v) is 16.8. The summed E-state index contributed by atoms with van der Waals surface area (Å²) in [5.74, 6) is 0.930. The number of pyridine rings is 1. The van der Waals surface area contributed by atoms with Crippen LogP contribution in [0.25, 0.3) is 11.5 Å². The number of amides is 1. The minimum atomic E-state index is -0.197. The number of anilines is 1. The average molecular weight is 412 g/mol. The monoisotopic (exact) mass is 411 g/mol. The maximum atomic E-state index is 12.4. The first-order valence-electron chi connectivity index (χ1n) is 8.85. The summed E-state index contributed by atoms with van der Waals surface area (Å²) in [6.07, 6.45) is 6.25. The van der Waals surface area contributed by atoms with E-state index in [1.54, 1.807) is 24.5 Å². The predicted octanol–water partition coefficient (Wildman–Crippen LogP) is 3.92. The van der Waals surface area contributed by atoms with Gasteiger partial charge < -0.3 is 9.73 Å². The highest BCUT2D eigenvalue weighted by molar-refractivity contribution is 7.99. The summed E-state index contributed by atoms with van der Waals surface area (Å²) in [4.78, 5) is 17.5. The van der Waals surface area contributed by atoms with Crippen molar-refractivity contribution in [3.05, 3.63) is 40.5 Å². The zero-order valence-electron chi connectivity index (χ0n) is 15.1. The molecule has 7 nitrogen and oxygen atoms in total. The molecular formula is C19H17N5O2S2. The topological polar surface area (TPSA) is 105 Å². The minimum absolute atomic E-state index is 0.127. The van der Waals surface area contributed by atoms with Gasteiger partial charge in [-0.1, -0.05) is 18.7 Å². The quantitative estimate of drug-likeness (QED) is 0.634. The van der Waals surface area contributed by atoms with Crippen LogP contribution in [0.3, 0.4) is 0 Å². The molecule has 0 saturated heterocycles. The molecule has 1 aliphatic rings. The van der Waals surface area contributed by atoms with Gasteiger partial charge in [0.05, 0.1) is 11.3 Å². The molecule has 28 heavy (non-hydrogen) atoms. The summed E-state index contributed by atoms with van der Waals surface area (Å²) in [6, 6.07) is 5.81. The van der Waals surface area contributed by atoms with Gasteiger partial charge in [-0.25, -0.2) is 0 Å². The molecule has 0 spiro atoms. The van der Waals surface area contributed by atoms with Crippen molar-refractivity contribution >= 4 is 34.0 Å². The number of nitrogens with one attached hydrogen (secondary N) is 1. The number of thiophene rings is 1. The summed E-state index contributed by atoms with van der Waals surface area (Å²) >= 11 is 2.69. The second-order valence-corrected chi connectivity index (χ2v) is 8.65. The van der Waals surface area contributed by atoms with E-state index in [-0.39, 0.29) is 11.7 Å². The van der Waals surface area contributed by atoms with E-state index in [1.807, 2.05) is 0 Å². The summed E-state index contributed by atoms with van der Waals surface area (Å²) in [7, 11) is 0. The summed E-state index contributed by atoms with van der Waals surface area (Å²) in [6.45, 7) is 2.22. The first-order chi connectivity index (χ1) is 13.6. The molecule has 0 saturated carbocycles. The van der Waals surface area contributed by atoms with Crippen LogP contribution in [0.1, 0.15) is 29.3 Å². The molecular weight excluding hydrogens is 394 g/mol. The van der Waals surface area contributed by atoms with Gasteiger partial charge >= 0.3 is 0 Å². The van der Waals surface area contributed by atoms with E-state index in [4.69, 9.17) is 4.42 Å². The molecule has 1 atom stereocenters. The van der Waals surface area contributed by atoms with Crippen molar-refractivity contribution in [2.24, 2.45) is 5.92 Å². The molecule has 3 aromatic heterocycles. The number of rotatable bonds is 5. The van der Waals surface area contributed by atoms with Crippen LogP contribution in [-0.2, 0) is 17.6 Å². The average Bonchev–Trinajstić information content (AvgIpc) is 3.31. The molecule has 0 aliphatic heterocycles. The Morgan fingerprint density at radius 1 is 1.43 bits per heavy atom. The van der Waals surface area contributed by atoms with Crippen molar-refractivity contribution in [2.45, 2.75) is 31.4 Å². The van der Waals surface area contributed by atoms with Gasteiger partial charge in [0.15, 0.2) is 0 Å². The third-order valence-corrected chi connectivity index (χ3v) is 6.53. The molecule has 0 fully saturated rings. The molecule has 4 rings (SSSR count). The lowest BCUT2D eigenvalue weighted by Crippen LogP contribution is -2.14. The second kappa shape index (κ2) is 8.12. The number of aromatic nitrogens is 3. The first-order valence-corrected chi connectivity index (χ1v) is 10.7. The summed E-state index contributed by atoms with van der Waals surface area (Å²) < 4.78 is 5.58. The Kier molecular flexibility index (Phi) is 5.41. The van der Waals surface area contributed by atoms with Gasteiger partial charge in [0.1, 0.15) is 11.1 Å². The molecule has 1 N–H and O–H groups in total. The SMILES string of the molecule is C[C@@H]1CCc2c(sc(NC(=O)CSc3nnc(-c4ccncc4)o3)c2C#N)C1. The van der Waals surface area contributed by atoms with Crippen molar-refractivity contribution in [1.29, 1.82) is 5.26 Å². The van der Waals surface area contributed by atoms with Gasteiger partial charge in [-0.3, -0.25) is 9.78 Å². The molecule has 0 unspecified atom stereocenters. The Morgan fingerprint density at radius 3 is 3.04 bits per heavy atom. The van der Waals surface area contributed by atoms with E-state index in [1.165, 1.54) is 28.0 Å². The Hall–Kier alpha value is -2.70. The zero-order chi connectivity index (χ0) is 19.5. The number of carbonyl (C=O) groups excluding carboxylic acids is 1. The Labute approximate surface area is 170 Å². The molecule has 1 aliphatic carbocycles. The number of nitrogens with zero attached hydrogens (tertiary/aromatic N) is 4. The molecule has 0 bridgehead atoms. The summed E-state index contributed by atoms with van der Waals surface area (Å²) in [5.41, 5.74) is 2.49. The van der Waals surface area contributed by atoms with E-state index >= 15 is 0 Å². The predicted molar refractivity (Wildman–Crippen MR) is 107 cm³/mol. The van der Waals surface area contributed by atoms with Gasteiger partial charge in [0.2, 0.25) is 11.8 Å². The van der Waals surface area contributed by atoms with Gasteiger partial charge in [0.25, 0.3) is 5.22 Å². The molecule has 1 amide bonds. The minimum Gasteiger partial charge on any atom is -0.411 e. The molecule has 0 aromatic carbocycles. The van der Waals surface area contributed by atoms with E-state index < -0.39 is 0 Å². The second-order valence-electron chi connectivity index (χ2n) is 6.61. The smallest absolute Gasteiger partial charge is 0.277 e. The van der Waals surface area contributed by atoms with E-state index in [0.29, 0.717) is 27.6 Å². The Morgan fingerprint density at radius 2 is 2.25 bits per heavy atom.